The van der Waals surface area contributed by atoms with E-state index in [0.29, 0.717) is 12.8 Å². The van der Waals surface area contributed by atoms with Crippen molar-refractivity contribution in [2.45, 2.75) is 58.3 Å². The van der Waals surface area contributed by atoms with Crippen molar-refractivity contribution in [3.05, 3.63) is 0 Å². The normalized spacial score (nSPS) is 23.5. The molecule has 2 N–H and O–H groups in total. The number of piperidine rings is 1. The number of amides is 2. The average Bonchev–Trinajstić information content (AvgIpc) is 2.23. The summed E-state index contributed by atoms with van der Waals surface area (Å²) in [6.45, 7) is 4.95. The second-order valence-electron chi connectivity index (χ2n) is 6.20. The number of nitrogens with one attached hydrogen (secondary N) is 1. The van der Waals surface area contributed by atoms with Crippen LogP contribution in [0.5, 0.6) is 0 Å². The van der Waals surface area contributed by atoms with Gasteiger partial charge in [-0.1, -0.05) is 13.8 Å². The third-order valence-electron chi connectivity index (χ3n) is 3.67. The summed E-state index contributed by atoms with van der Waals surface area (Å²) < 4.78 is 36.8. The Kier molecular flexibility index (Phi) is 5.11. The highest BCUT2D eigenvalue weighted by atomic mass is 19.4. The third-order valence-corrected chi connectivity index (χ3v) is 3.67. The SMILES string of the molecule is CC(CC(F)(F)F)NC(=O)N1CCCC(C)(C)C1C(=O)O. The smallest absolute Gasteiger partial charge is 0.391 e. The van der Waals surface area contributed by atoms with Gasteiger partial charge < -0.3 is 15.3 Å². The topological polar surface area (TPSA) is 69.6 Å². The van der Waals surface area contributed by atoms with E-state index in [-0.39, 0.29) is 6.54 Å². The molecular formula is C13H21F3N2O3. The number of carboxylic acid groups (broad SMARTS) is 1. The third kappa shape index (κ3) is 4.78. The van der Waals surface area contributed by atoms with E-state index in [1.54, 1.807) is 13.8 Å². The van der Waals surface area contributed by atoms with Crippen LogP contribution in [0.25, 0.3) is 0 Å². The van der Waals surface area contributed by atoms with Gasteiger partial charge >= 0.3 is 18.2 Å². The number of hydrogen-bond acceptors (Lipinski definition) is 2. The van der Waals surface area contributed by atoms with Gasteiger partial charge in [0.25, 0.3) is 0 Å². The molecule has 2 unspecified atom stereocenters. The van der Waals surface area contributed by atoms with E-state index in [0.717, 1.165) is 4.90 Å². The van der Waals surface area contributed by atoms with E-state index in [4.69, 9.17) is 0 Å². The molecule has 0 aromatic carbocycles. The molecule has 0 bridgehead atoms. The Labute approximate surface area is 121 Å². The van der Waals surface area contributed by atoms with Crippen molar-refractivity contribution in [2.24, 2.45) is 5.41 Å². The summed E-state index contributed by atoms with van der Waals surface area (Å²) in [6, 6.07) is -2.90. The van der Waals surface area contributed by atoms with Crippen LogP contribution in [0.2, 0.25) is 0 Å². The predicted octanol–water partition coefficient (Wildman–Crippen LogP) is 2.61. The summed E-state index contributed by atoms with van der Waals surface area (Å²) in [4.78, 5) is 24.6. The van der Waals surface area contributed by atoms with Gasteiger partial charge in [-0.3, -0.25) is 0 Å². The highest BCUT2D eigenvalue weighted by Gasteiger charge is 2.45. The van der Waals surface area contributed by atoms with Gasteiger partial charge in [0.1, 0.15) is 6.04 Å². The van der Waals surface area contributed by atoms with Gasteiger partial charge in [-0.25, -0.2) is 9.59 Å². The summed E-state index contributed by atoms with van der Waals surface area (Å²) >= 11 is 0. The first-order valence-corrected chi connectivity index (χ1v) is 6.81. The lowest BCUT2D eigenvalue weighted by molar-refractivity contribution is -0.149. The zero-order chi connectivity index (χ0) is 16.4. The fourth-order valence-corrected chi connectivity index (χ4v) is 2.77. The van der Waals surface area contributed by atoms with Gasteiger partial charge in [-0.2, -0.15) is 13.2 Å². The van der Waals surface area contributed by atoms with E-state index in [9.17, 15) is 27.9 Å². The Hall–Kier alpha value is -1.47. The number of carboxylic acids is 1. The fourth-order valence-electron chi connectivity index (χ4n) is 2.77. The fraction of sp³-hybridized carbons (Fsp3) is 0.846. The van der Waals surface area contributed by atoms with Crippen LogP contribution >= 0.6 is 0 Å². The van der Waals surface area contributed by atoms with E-state index in [2.05, 4.69) is 5.32 Å². The molecule has 1 rings (SSSR count). The van der Waals surface area contributed by atoms with E-state index in [1.165, 1.54) is 6.92 Å². The van der Waals surface area contributed by atoms with Crippen LogP contribution in [0, 0.1) is 5.41 Å². The molecule has 1 aliphatic rings. The van der Waals surface area contributed by atoms with Crippen molar-refractivity contribution in [1.29, 1.82) is 0 Å². The predicted molar refractivity (Wildman–Crippen MR) is 69.8 cm³/mol. The second-order valence-corrected chi connectivity index (χ2v) is 6.20. The Morgan fingerprint density at radius 3 is 2.48 bits per heavy atom. The lowest BCUT2D eigenvalue weighted by Gasteiger charge is -2.44. The minimum absolute atomic E-state index is 0.227. The largest absolute Gasteiger partial charge is 0.480 e. The van der Waals surface area contributed by atoms with Crippen molar-refractivity contribution < 1.29 is 27.9 Å². The number of likely N-dealkylation sites (tertiary alicyclic amines) is 1. The number of halogens is 3. The van der Waals surface area contributed by atoms with Crippen molar-refractivity contribution in [3.8, 4) is 0 Å². The summed E-state index contributed by atoms with van der Waals surface area (Å²) in [7, 11) is 0. The molecule has 1 saturated heterocycles. The molecule has 21 heavy (non-hydrogen) atoms. The number of nitrogens with zero attached hydrogens (tertiary/aromatic N) is 1. The van der Waals surface area contributed by atoms with Crippen molar-refractivity contribution in [2.75, 3.05) is 6.54 Å². The summed E-state index contributed by atoms with van der Waals surface area (Å²) in [5.41, 5.74) is -0.616. The number of rotatable bonds is 3. The Morgan fingerprint density at radius 1 is 1.43 bits per heavy atom. The number of urea groups is 1. The van der Waals surface area contributed by atoms with Crippen molar-refractivity contribution in [1.82, 2.24) is 10.2 Å². The highest BCUT2D eigenvalue weighted by Crippen LogP contribution is 2.35. The van der Waals surface area contributed by atoms with Gasteiger partial charge in [0.15, 0.2) is 0 Å². The zero-order valence-corrected chi connectivity index (χ0v) is 12.3. The maximum atomic E-state index is 12.3. The molecule has 0 aromatic heterocycles. The van der Waals surface area contributed by atoms with Gasteiger partial charge in [0.05, 0.1) is 6.42 Å². The molecule has 122 valence electrons. The van der Waals surface area contributed by atoms with Crippen molar-refractivity contribution in [3.63, 3.8) is 0 Å². The Balaban J connectivity index is 2.77. The number of carbonyl (C=O) groups excluding carboxylic acids is 1. The summed E-state index contributed by atoms with van der Waals surface area (Å²) in [6.07, 6.45) is -4.25. The number of aliphatic carboxylic acids is 1. The quantitative estimate of drug-likeness (QED) is 0.842. The summed E-state index contributed by atoms with van der Waals surface area (Å²) in [5, 5.41) is 11.5. The highest BCUT2D eigenvalue weighted by molar-refractivity contribution is 5.83. The number of carbonyl (C=O) groups is 2. The van der Waals surface area contributed by atoms with Gasteiger partial charge in [0.2, 0.25) is 0 Å². The molecule has 2 atom stereocenters. The lowest BCUT2D eigenvalue weighted by Crippen LogP contribution is -2.59. The molecule has 8 heteroatoms. The van der Waals surface area contributed by atoms with Gasteiger partial charge in [-0.15, -0.1) is 0 Å². The molecule has 0 spiro atoms. The number of hydrogen-bond donors (Lipinski definition) is 2. The van der Waals surface area contributed by atoms with E-state index in [1.807, 2.05) is 0 Å². The van der Waals surface area contributed by atoms with Gasteiger partial charge in [-0.05, 0) is 25.2 Å². The van der Waals surface area contributed by atoms with Crippen LogP contribution < -0.4 is 5.32 Å². The molecule has 1 aliphatic heterocycles. The molecular weight excluding hydrogens is 289 g/mol. The molecule has 0 radical (unpaired) electrons. The molecule has 0 saturated carbocycles. The van der Waals surface area contributed by atoms with Crippen LogP contribution in [-0.4, -0.2) is 46.8 Å². The van der Waals surface area contributed by atoms with Crippen LogP contribution in [0.1, 0.15) is 40.0 Å². The monoisotopic (exact) mass is 310 g/mol. The Morgan fingerprint density at radius 2 is 2.00 bits per heavy atom. The molecule has 1 fully saturated rings. The molecule has 1 heterocycles. The second kappa shape index (κ2) is 6.11. The van der Waals surface area contributed by atoms with Crippen LogP contribution in [-0.2, 0) is 4.79 Å². The van der Waals surface area contributed by atoms with Crippen LogP contribution in [0.4, 0.5) is 18.0 Å². The van der Waals surface area contributed by atoms with Crippen molar-refractivity contribution >= 4 is 12.0 Å². The minimum Gasteiger partial charge on any atom is -0.480 e. The average molecular weight is 310 g/mol. The van der Waals surface area contributed by atoms with Crippen LogP contribution in [0.3, 0.4) is 0 Å². The van der Waals surface area contributed by atoms with E-state index < -0.39 is 42.1 Å². The summed E-state index contributed by atoms with van der Waals surface area (Å²) in [5.74, 6) is -1.14. The van der Waals surface area contributed by atoms with Crippen LogP contribution in [0.15, 0.2) is 0 Å². The lowest BCUT2D eigenvalue weighted by atomic mass is 9.76. The first-order chi connectivity index (χ1) is 9.44. The van der Waals surface area contributed by atoms with Gasteiger partial charge in [0, 0.05) is 12.6 Å². The Bertz CT molecular complexity index is 410. The molecule has 5 nitrogen and oxygen atoms in total. The number of alkyl halides is 3. The standard InChI is InChI=1S/C13H21F3N2O3/c1-8(7-13(14,15)16)17-11(21)18-6-4-5-12(2,3)9(18)10(19)20/h8-9H,4-7H2,1-3H3,(H,17,21)(H,19,20). The molecule has 0 aromatic rings. The first kappa shape index (κ1) is 17.6. The maximum Gasteiger partial charge on any atom is 0.391 e. The minimum atomic E-state index is -4.37. The molecule has 2 amide bonds. The first-order valence-electron chi connectivity index (χ1n) is 6.81. The maximum absolute atomic E-state index is 12.3. The molecule has 0 aliphatic carbocycles. The van der Waals surface area contributed by atoms with E-state index >= 15 is 0 Å². The zero-order valence-electron chi connectivity index (χ0n) is 12.3.